The maximum absolute atomic E-state index is 11.8. The van der Waals surface area contributed by atoms with Crippen LogP contribution in [0.25, 0.3) is 0 Å². The van der Waals surface area contributed by atoms with Crippen molar-refractivity contribution in [3.63, 3.8) is 0 Å². The van der Waals surface area contributed by atoms with Gasteiger partial charge >= 0.3 is 11.8 Å². The summed E-state index contributed by atoms with van der Waals surface area (Å²) in [6.07, 6.45) is 1.43. The molecule has 0 aliphatic heterocycles. The molecule has 0 spiro atoms. The summed E-state index contributed by atoms with van der Waals surface area (Å²) < 4.78 is 5.71. The van der Waals surface area contributed by atoms with Gasteiger partial charge in [-0.15, -0.1) is 0 Å². The molecule has 2 amide bonds. The molecule has 30 heavy (non-hydrogen) atoms. The normalized spacial score (nSPS) is 10.6. The van der Waals surface area contributed by atoms with Gasteiger partial charge in [0.15, 0.2) is 0 Å². The highest BCUT2D eigenvalue weighted by Gasteiger charge is 2.12. The SMILES string of the molecule is O=C(N/N=C/c1ccc(OCc2ccc(Cl)cc2)cc1)C(=O)Nc1ccc(Cl)cc1. The summed E-state index contributed by atoms with van der Waals surface area (Å²) >= 11 is 11.6. The minimum atomic E-state index is -0.885. The van der Waals surface area contributed by atoms with Crippen molar-refractivity contribution in [3.8, 4) is 5.75 Å². The molecule has 6 nitrogen and oxygen atoms in total. The van der Waals surface area contributed by atoms with Crippen LogP contribution in [-0.4, -0.2) is 18.0 Å². The first-order valence-electron chi connectivity index (χ1n) is 8.87. The number of carbonyl (C=O) groups excluding carboxylic acids is 2. The second-order valence-electron chi connectivity index (χ2n) is 6.14. The van der Waals surface area contributed by atoms with Crippen molar-refractivity contribution in [1.82, 2.24) is 5.43 Å². The third kappa shape index (κ3) is 6.62. The molecule has 0 saturated carbocycles. The van der Waals surface area contributed by atoms with Crippen LogP contribution in [0, 0.1) is 0 Å². The van der Waals surface area contributed by atoms with E-state index in [9.17, 15) is 9.59 Å². The highest BCUT2D eigenvalue weighted by Crippen LogP contribution is 2.15. The lowest BCUT2D eigenvalue weighted by molar-refractivity contribution is -0.136. The summed E-state index contributed by atoms with van der Waals surface area (Å²) in [7, 11) is 0. The fraction of sp³-hybridized carbons (Fsp3) is 0.0455. The first-order chi connectivity index (χ1) is 14.5. The topological polar surface area (TPSA) is 79.8 Å². The monoisotopic (exact) mass is 441 g/mol. The largest absolute Gasteiger partial charge is 0.489 e. The van der Waals surface area contributed by atoms with Crippen molar-refractivity contribution in [2.75, 3.05) is 5.32 Å². The first-order valence-corrected chi connectivity index (χ1v) is 9.62. The average Bonchev–Trinajstić information content (AvgIpc) is 2.76. The molecule has 0 aliphatic carbocycles. The lowest BCUT2D eigenvalue weighted by atomic mass is 10.2. The van der Waals surface area contributed by atoms with Gasteiger partial charge in [0.05, 0.1) is 6.21 Å². The van der Waals surface area contributed by atoms with Crippen LogP contribution in [0.3, 0.4) is 0 Å². The minimum Gasteiger partial charge on any atom is -0.489 e. The molecular weight excluding hydrogens is 425 g/mol. The molecule has 0 aliphatic rings. The predicted molar refractivity (Wildman–Crippen MR) is 118 cm³/mol. The smallest absolute Gasteiger partial charge is 0.329 e. The van der Waals surface area contributed by atoms with Crippen molar-refractivity contribution in [1.29, 1.82) is 0 Å². The summed E-state index contributed by atoms with van der Waals surface area (Å²) in [5.41, 5.74) is 4.37. The third-order valence-electron chi connectivity index (χ3n) is 3.89. The Morgan fingerprint density at radius 1 is 0.833 bits per heavy atom. The molecule has 0 saturated heterocycles. The molecule has 0 bridgehead atoms. The summed E-state index contributed by atoms with van der Waals surface area (Å²) in [6.45, 7) is 0.420. The summed E-state index contributed by atoms with van der Waals surface area (Å²) in [6, 6.07) is 20.9. The lowest BCUT2D eigenvalue weighted by Crippen LogP contribution is -2.32. The molecular formula is C22H17Cl2N3O3. The van der Waals surface area contributed by atoms with Gasteiger partial charge in [0.25, 0.3) is 0 Å². The average molecular weight is 442 g/mol. The van der Waals surface area contributed by atoms with E-state index in [4.69, 9.17) is 27.9 Å². The molecule has 2 N–H and O–H groups in total. The van der Waals surface area contributed by atoms with E-state index in [2.05, 4.69) is 15.8 Å². The number of carbonyl (C=O) groups is 2. The Labute approximate surface area is 183 Å². The van der Waals surface area contributed by atoms with Gasteiger partial charge in [-0.25, -0.2) is 5.43 Å². The highest BCUT2D eigenvalue weighted by molar-refractivity contribution is 6.39. The number of ether oxygens (including phenoxy) is 1. The second-order valence-corrected chi connectivity index (χ2v) is 7.02. The number of hydrogen-bond acceptors (Lipinski definition) is 4. The van der Waals surface area contributed by atoms with Crippen molar-refractivity contribution in [2.45, 2.75) is 6.61 Å². The molecule has 0 unspecified atom stereocenters. The first kappa shape index (κ1) is 21.4. The molecule has 0 fully saturated rings. The highest BCUT2D eigenvalue weighted by atomic mass is 35.5. The summed E-state index contributed by atoms with van der Waals surface area (Å²) in [5.74, 6) is -1.03. The van der Waals surface area contributed by atoms with Crippen LogP contribution in [0.4, 0.5) is 5.69 Å². The Morgan fingerprint density at radius 3 is 2.07 bits per heavy atom. The van der Waals surface area contributed by atoms with Gasteiger partial charge in [-0.2, -0.15) is 5.10 Å². The molecule has 0 heterocycles. The van der Waals surface area contributed by atoms with E-state index >= 15 is 0 Å². The quantitative estimate of drug-likeness (QED) is 0.331. The number of benzene rings is 3. The van der Waals surface area contributed by atoms with Gasteiger partial charge in [-0.3, -0.25) is 9.59 Å². The van der Waals surface area contributed by atoms with Gasteiger partial charge in [0, 0.05) is 15.7 Å². The van der Waals surface area contributed by atoms with Crippen LogP contribution in [0.1, 0.15) is 11.1 Å². The number of hydrogen-bond donors (Lipinski definition) is 2. The summed E-state index contributed by atoms with van der Waals surface area (Å²) in [5, 5.41) is 7.45. The van der Waals surface area contributed by atoms with E-state index in [-0.39, 0.29) is 0 Å². The number of hydrazone groups is 1. The maximum Gasteiger partial charge on any atom is 0.329 e. The van der Waals surface area contributed by atoms with E-state index in [1.165, 1.54) is 6.21 Å². The molecule has 3 aromatic carbocycles. The van der Waals surface area contributed by atoms with Crippen LogP contribution in [0.2, 0.25) is 10.0 Å². The van der Waals surface area contributed by atoms with E-state index in [1.807, 2.05) is 24.3 Å². The molecule has 0 aromatic heterocycles. The Balaban J connectivity index is 1.46. The molecule has 0 atom stereocenters. The van der Waals surface area contributed by atoms with Gasteiger partial charge < -0.3 is 10.1 Å². The zero-order valence-corrected chi connectivity index (χ0v) is 17.2. The molecule has 3 aromatic rings. The molecule has 8 heteroatoms. The van der Waals surface area contributed by atoms with Crippen LogP contribution in [0.15, 0.2) is 77.9 Å². The number of amides is 2. The van der Waals surface area contributed by atoms with Crippen LogP contribution in [-0.2, 0) is 16.2 Å². The molecule has 3 rings (SSSR count). The Morgan fingerprint density at radius 2 is 1.43 bits per heavy atom. The van der Waals surface area contributed by atoms with Crippen molar-refractivity contribution < 1.29 is 14.3 Å². The van der Waals surface area contributed by atoms with Gasteiger partial charge in [-0.1, -0.05) is 35.3 Å². The number of nitrogens with one attached hydrogen (secondary N) is 2. The van der Waals surface area contributed by atoms with Crippen molar-refractivity contribution >= 4 is 46.9 Å². The van der Waals surface area contributed by atoms with E-state index in [0.29, 0.717) is 28.1 Å². The van der Waals surface area contributed by atoms with Crippen LogP contribution < -0.4 is 15.5 Å². The number of nitrogens with zero attached hydrogens (tertiary/aromatic N) is 1. The number of rotatable bonds is 6. The van der Waals surface area contributed by atoms with Crippen molar-refractivity contribution in [3.05, 3.63) is 94.0 Å². The molecule has 152 valence electrons. The molecule has 0 radical (unpaired) electrons. The Hall–Kier alpha value is -3.35. The minimum absolute atomic E-state index is 0.420. The van der Waals surface area contributed by atoms with Crippen LogP contribution >= 0.6 is 23.2 Å². The number of halogens is 2. The van der Waals surface area contributed by atoms with E-state index < -0.39 is 11.8 Å². The van der Waals surface area contributed by atoms with E-state index in [0.717, 1.165) is 11.1 Å². The van der Waals surface area contributed by atoms with E-state index in [1.54, 1.807) is 48.5 Å². The number of anilines is 1. The Kier molecular flexibility index (Phi) is 7.43. The fourth-order valence-corrected chi connectivity index (χ4v) is 2.59. The van der Waals surface area contributed by atoms with Gasteiger partial charge in [0.1, 0.15) is 12.4 Å². The second kappa shape index (κ2) is 10.4. The maximum atomic E-state index is 11.8. The van der Waals surface area contributed by atoms with Gasteiger partial charge in [0.2, 0.25) is 0 Å². The zero-order chi connectivity index (χ0) is 21.3. The third-order valence-corrected chi connectivity index (χ3v) is 4.39. The summed E-state index contributed by atoms with van der Waals surface area (Å²) in [4.78, 5) is 23.6. The van der Waals surface area contributed by atoms with Crippen LogP contribution in [0.5, 0.6) is 5.75 Å². The van der Waals surface area contributed by atoms with Crippen molar-refractivity contribution in [2.24, 2.45) is 5.10 Å². The predicted octanol–water partition coefficient (Wildman–Crippen LogP) is 4.66. The Bertz CT molecular complexity index is 1030. The standard InChI is InChI=1S/C22H17Cl2N3O3/c23-17-5-1-16(2-6-17)14-30-20-11-3-15(4-12-20)13-25-27-22(29)21(28)26-19-9-7-18(24)8-10-19/h1-13H,14H2,(H,26,28)(H,27,29)/b25-13+. The zero-order valence-electron chi connectivity index (χ0n) is 15.6. The fourth-order valence-electron chi connectivity index (χ4n) is 2.33. The lowest BCUT2D eigenvalue weighted by Gasteiger charge is -2.06. The van der Waals surface area contributed by atoms with Gasteiger partial charge in [-0.05, 0) is 71.8 Å².